The van der Waals surface area contributed by atoms with Crippen molar-refractivity contribution in [2.45, 2.75) is 10.8 Å². The quantitative estimate of drug-likeness (QED) is 0.0917. The van der Waals surface area contributed by atoms with Gasteiger partial charge in [-0.05, 0) is 149 Å². The number of pyridine rings is 2. The maximum atomic E-state index is 9.84. The fourth-order valence-corrected chi connectivity index (χ4v) is 17.0. The Labute approximate surface area is 716 Å². The molecule has 0 bridgehead atoms. The third-order valence-electron chi connectivity index (χ3n) is 22.2. The van der Waals surface area contributed by atoms with E-state index in [4.69, 9.17) is 36.5 Å². The Morgan fingerprint density at radius 2 is 0.530 bits per heavy atom. The Bertz CT molecular complexity index is 6460. The number of rotatable bonds is 12. The van der Waals surface area contributed by atoms with Crippen LogP contribution < -0.4 is 5.46 Å². The summed E-state index contributed by atoms with van der Waals surface area (Å²) in [7, 11) is 3.17. The van der Waals surface area contributed by atoms with Crippen molar-refractivity contribution in [2.24, 2.45) is 0 Å². The molecule has 4 heterocycles. The first-order valence-corrected chi connectivity index (χ1v) is 41.6. The molecule has 2 N–H and O–H groups in total. The molecule has 0 saturated carbocycles. The zero-order valence-electron chi connectivity index (χ0n) is 63.5. The Balaban J connectivity index is 0.000000135. The van der Waals surface area contributed by atoms with E-state index in [2.05, 4.69) is 272 Å². The molecule has 1 spiro atoms. The van der Waals surface area contributed by atoms with Crippen LogP contribution in [0.15, 0.2) is 413 Å². The van der Waals surface area contributed by atoms with Gasteiger partial charge in [-0.15, -0.1) is 17.9 Å². The van der Waals surface area contributed by atoms with Crippen molar-refractivity contribution in [2.75, 3.05) is 0 Å². The molecule has 0 amide bonds. The van der Waals surface area contributed by atoms with Gasteiger partial charge in [-0.25, -0.2) is 19.9 Å². The molecule has 3 aliphatic carbocycles. The van der Waals surface area contributed by atoms with E-state index in [-0.39, 0.29) is 38.1 Å². The normalized spacial score (nSPS) is 12.2. The summed E-state index contributed by atoms with van der Waals surface area (Å²) in [5.74, 6) is 1.36. The van der Waals surface area contributed by atoms with Gasteiger partial charge in [0.2, 0.25) is 0 Å². The number of benzene rings is 14. The molecule has 0 fully saturated rings. The van der Waals surface area contributed by atoms with Crippen molar-refractivity contribution in [3.63, 3.8) is 0 Å². The SMILES string of the molecule is Clc1ccc(-c2cc(-c3ccc(-c4ccccc4)nc3)nc(-c3ccccc3)n2)cc1.OB(O)c1ccc2c(c1)C(c1ccccc1)(c1ccccc1)c1ccccc1-2.PP.[Y].c1ccc(-c2ccc(-c3cc(-c4ccc(-c5ccc6c(c5)C5(c7ccccc7-c7ccccc75)c5ccccc5-6)cc4)nc(-c4ccccc4)n3)cn2)cc1. The molecule has 0 aliphatic heterocycles. The molecule has 18 aromatic rings. The maximum absolute atomic E-state index is 9.84. The molecular weight excluding hydrogens is 1560 g/mol. The van der Waals surface area contributed by atoms with Gasteiger partial charge in [-0.1, -0.05) is 357 Å². The molecule has 0 saturated heterocycles. The molecule has 2 atom stereocenters. The Morgan fingerprint density at radius 3 is 0.915 bits per heavy atom. The van der Waals surface area contributed by atoms with Crippen molar-refractivity contribution in [1.29, 1.82) is 0 Å². The molecule has 117 heavy (non-hydrogen) atoms. The number of nitrogens with zero attached hydrogens (tertiary/aromatic N) is 6. The minimum absolute atomic E-state index is 0. The van der Waals surface area contributed by atoms with Crippen LogP contribution in [0.3, 0.4) is 0 Å². The van der Waals surface area contributed by atoms with Gasteiger partial charge in [0.15, 0.2) is 11.6 Å². The number of aromatic nitrogens is 6. The first-order chi connectivity index (χ1) is 57.2. The Hall–Kier alpha value is -12.2. The average Bonchev–Trinajstić information content (AvgIpc) is 1.51. The summed E-state index contributed by atoms with van der Waals surface area (Å²) >= 11 is 6.08. The van der Waals surface area contributed by atoms with Crippen molar-refractivity contribution in [1.82, 2.24) is 29.9 Å². The summed E-state index contributed by atoms with van der Waals surface area (Å²) in [6, 6.07) is 138. The fraction of sp³-hybridized carbons (Fsp3) is 0.0192. The summed E-state index contributed by atoms with van der Waals surface area (Å²) in [4.78, 5) is 29.3. The average molecular weight is 1640 g/mol. The number of fused-ring (bicyclic) bond motifs is 13. The first kappa shape index (κ1) is 77.4. The molecule has 4 aromatic heterocycles. The second-order valence-electron chi connectivity index (χ2n) is 28.7. The predicted molar refractivity (Wildman–Crippen MR) is 483 cm³/mol. The van der Waals surface area contributed by atoms with E-state index in [0.717, 1.165) is 106 Å². The molecule has 1 radical (unpaired) electrons. The molecule has 13 heteroatoms. The van der Waals surface area contributed by atoms with Crippen LogP contribution in [-0.2, 0) is 43.5 Å². The van der Waals surface area contributed by atoms with E-state index in [0.29, 0.717) is 22.1 Å². The second kappa shape index (κ2) is 34.3. The summed E-state index contributed by atoms with van der Waals surface area (Å²) in [5.41, 5.74) is 32.8. The van der Waals surface area contributed by atoms with Crippen LogP contribution in [-0.4, -0.2) is 47.1 Å². The van der Waals surface area contributed by atoms with Gasteiger partial charge in [-0.2, -0.15) is 0 Å². The summed E-state index contributed by atoms with van der Waals surface area (Å²) in [6.45, 7) is 0. The minimum Gasteiger partial charge on any atom is -0.423 e. The summed E-state index contributed by atoms with van der Waals surface area (Å²) in [6.07, 6.45) is 3.78. The predicted octanol–water partition coefficient (Wildman–Crippen LogP) is 24.1. The van der Waals surface area contributed by atoms with E-state index in [1.807, 2.05) is 158 Å². The Kier molecular flexibility index (Phi) is 22.7. The van der Waals surface area contributed by atoms with Gasteiger partial charge in [0.25, 0.3) is 0 Å². The van der Waals surface area contributed by atoms with E-state index in [1.165, 1.54) is 61.2 Å². The van der Waals surface area contributed by atoms with E-state index in [1.54, 1.807) is 6.07 Å². The van der Waals surface area contributed by atoms with Crippen LogP contribution in [0.2, 0.25) is 5.02 Å². The standard InChI is InChI=1S/C52H33N3.C27H18ClN3.C25H19BO2.H4P2.Y/c1-3-13-35(14-4-1)48-30-28-39(33-53-48)50-32-49(54-51(55-50)37-15-5-2-6-16-37)36-25-23-34(24-26-36)38-27-29-43-42-19-9-12-22-46(42)52(47(43)31-38)44-20-10-7-17-40(44)41-18-8-11-21-45(41)52;28-23-14-11-20(12-15-23)25-17-26(31-27(30-25)21-9-5-2-6-10-21)22-13-16-24(29-18-22)19-7-3-1-4-8-19;27-26(28)20-15-16-22-21-13-7-8-14-23(21)25(24(22)17-20,18-9-3-1-4-10-18)19-11-5-2-6-12-19;1-2;/h1-33H;1-18H;1-17,27-28H;1-2H2;. The van der Waals surface area contributed by atoms with E-state index in [9.17, 15) is 10.0 Å². The van der Waals surface area contributed by atoms with Crippen LogP contribution in [0.5, 0.6) is 0 Å². The molecule has 2 unspecified atom stereocenters. The third kappa shape index (κ3) is 14.8. The van der Waals surface area contributed by atoms with E-state index >= 15 is 0 Å². The zero-order chi connectivity index (χ0) is 78.5. The van der Waals surface area contributed by atoms with Gasteiger partial charge < -0.3 is 10.0 Å². The molecule has 21 rings (SSSR count). The van der Waals surface area contributed by atoms with Gasteiger partial charge in [0, 0.05) is 94.6 Å². The van der Waals surface area contributed by atoms with Crippen LogP contribution in [0.1, 0.15) is 44.5 Å². The largest absolute Gasteiger partial charge is 0.488 e. The molecular formula is C104H74BClN6O2P2Y. The van der Waals surface area contributed by atoms with Crippen LogP contribution in [0.25, 0.3) is 135 Å². The van der Waals surface area contributed by atoms with Crippen molar-refractivity contribution in [3.8, 4) is 135 Å². The number of hydrogen-bond donors (Lipinski definition) is 2. The molecule has 555 valence electrons. The van der Waals surface area contributed by atoms with Crippen LogP contribution >= 0.6 is 29.5 Å². The maximum Gasteiger partial charge on any atom is 0.488 e. The van der Waals surface area contributed by atoms with Crippen molar-refractivity contribution in [3.05, 3.63) is 462 Å². The monoisotopic (exact) mass is 1640 g/mol. The van der Waals surface area contributed by atoms with Gasteiger partial charge in [0.05, 0.1) is 45.0 Å². The molecule has 3 aliphatic rings. The number of hydrogen-bond acceptors (Lipinski definition) is 8. The first-order valence-electron chi connectivity index (χ1n) is 38.5. The van der Waals surface area contributed by atoms with Crippen LogP contribution in [0, 0.1) is 0 Å². The van der Waals surface area contributed by atoms with Crippen LogP contribution in [0.4, 0.5) is 0 Å². The molecule has 14 aromatic carbocycles. The smallest absolute Gasteiger partial charge is 0.423 e. The zero-order valence-corrected chi connectivity index (χ0v) is 69.4. The van der Waals surface area contributed by atoms with Crippen molar-refractivity contribution >= 4 is 42.0 Å². The summed E-state index contributed by atoms with van der Waals surface area (Å²) < 4.78 is 0. The third-order valence-corrected chi connectivity index (χ3v) is 22.5. The topological polar surface area (TPSA) is 118 Å². The Morgan fingerprint density at radius 1 is 0.239 bits per heavy atom. The van der Waals surface area contributed by atoms with Gasteiger partial charge in [-0.3, -0.25) is 9.97 Å². The van der Waals surface area contributed by atoms with E-state index < -0.39 is 12.5 Å². The summed E-state index contributed by atoms with van der Waals surface area (Å²) in [5, 5.41) is 20.4. The number of halogens is 1. The van der Waals surface area contributed by atoms with Gasteiger partial charge >= 0.3 is 7.12 Å². The van der Waals surface area contributed by atoms with Crippen molar-refractivity contribution < 1.29 is 42.8 Å². The molecule has 8 nitrogen and oxygen atoms in total. The minimum atomic E-state index is -1.50. The second-order valence-corrected chi connectivity index (χ2v) is 29.1. The van der Waals surface area contributed by atoms with Gasteiger partial charge in [0.1, 0.15) is 0 Å². The fourth-order valence-electron chi connectivity index (χ4n) is 16.9.